The minimum atomic E-state index is 1.08. The summed E-state index contributed by atoms with van der Waals surface area (Å²) in [5.41, 5.74) is 14.7. The third-order valence-electron chi connectivity index (χ3n) is 10.1. The molecule has 2 heterocycles. The van der Waals surface area contributed by atoms with Gasteiger partial charge in [-0.25, -0.2) is 0 Å². The summed E-state index contributed by atoms with van der Waals surface area (Å²) in [6.45, 7) is 0. The van der Waals surface area contributed by atoms with Gasteiger partial charge in [0, 0.05) is 33.1 Å². The highest BCUT2D eigenvalue weighted by Gasteiger charge is 2.29. The van der Waals surface area contributed by atoms with Gasteiger partial charge in [-0.3, -0.25) is 0 Å². The monoisotopic (exact) mass is 612 g/mol. The number of anilines is 3. The van der Waals surface area contributed by atoms with Gasteiger partial charge in [-0.1, -0.05) is 121 Å². The first-order chi connectivity index (χ1) is 23.8. The van der Waals surface area contributed by atoms with Gasteiger partial charge in [0.05, 0.1) is 22.4 Å². The molecule has 8 aromatic rings. The molecule has 0 radical (unpaired) electrons. The standard InChI is InChI=1S/C46H32N2/c1-5-14-31(15-6-1)33-24-26-37-40-30-44-45(39-22-13-23-41(46(39)40)47(42(37)28-33)35-18-9-3-10-19-35)38-27-25-34(32-16-7-2-8-17-32)29-43(38)48(44)36-20-11-4-12-21-36/h2-5,7-30H,1,6H2. The van der Waals surface area contributed by atoms with Crippen LogP contribution in [0.4, 0.5) is 17.1 Å². The smallest absolute Gasteiger partial charge is 0.0553 e. The molecule has 0 saturated heterocycles. The van der Waals surface area contributed by atoms with E-state index in [1.165, 1.54) is 88.7 Å². The Bertz CT molecular complexity index is 2590. The second kappa shape index (κ2) is 10.7. The first kappa shape index (κ1) is 27.0. The molecule has 1 aliphatic carbocycles. The minimum Gasteiger partial charge on any atom is -0.309 e. The highest BCUT2D eigenvalue weighted by Crippen LogP contribution is 2.54. The van der Waals surface area contributed by atoms with Crippen LogP contribution in [0.2, 0.25) is 0 Å². The number of para-hydroxylation sites is 2. The molecule has 48 heavy (non-hydrogen) atoms. The summed E-state index contributed by atoms with van der Waals surface area (Å²) in [4.78, 5) is 2.47. The van der Waals surface area contributed by atoms with Crippen LogP contribution in [0.5, 0.6) is 0 Å². The Morgan fingerprint density at radius 3 is 1.96 bits per heavy atom. The Labute approximate surface area is 280 Å². The van der Waals surface area contributed by atoms with E-state index in [1.54, 1.807) is 0 Å². The molecule has 0 amide bonds. The van der Waals surface area contributed by atoms with E-state index in [1.807, 2.05) is 0 Å². The molecule has 0 atom stereocenters. The summed E-state index contributed by atoms with van der Waals surface area (Å²) >= 11 is 0. The van der Waals surface area contributed by atoms with Crippen molar-refractivity contribution in [2.45, 2.75) is 12.8 Å². The SMILES string of the molecule is C1=CC(c2ccc3c(c2)N(c2ccccc2)c2cccc4c2c-3cc2c4c3ccc(-c4ccccc4)cc3n2-c2ccccc2)=CCC1. The summed E-state index contributed by atoms with van der Waals surface area (Å²) in [5.74, 6) is 0. The summed E-state index contributed by atoms with van der Waals surface area (Å²) in [7, 11) is 0. The lowest BCUT2D eigenvalue weighted by molar-refractivity contribution is 1.04. The second-order valence-corrected chi connectivity index (χ2v) is 12.8. The first-order valence-electron chi connectivity index (χ1n) is 16.8. The van der Waals surface area contributed by atoms with Crippen molar-refractivity contribution in [2.24, 2.45) is 0 Å². The molecule has 10 rings (SSSR count). The molecule has 2 heteroatoms. The molecule has 7 aromatic carbocycles. The summed E-state index contributed by atoms with van der Waals surface area (Å²) < 4.78 is 2.47. The van der Waals surface area contributed by atoms with E-state index in [0.717, 1.165) is 12.8 Å². The highest BCUT2D eigenvalue weighted by atomic mass is 15.2. The molecule has 1 aromatic heterocycles. The predicted molar refractivity (Wildman–Crippen MR) is 204 cm³/mol. The molecule has 2 nitrogen and oxygen atoms in total. The Morgan fingerprint density at radius 1 is 0.438 bits per heavy atom. The number of benzene rings is 7. The predicted octanol–water partition coefficient (Wildman–Crippen LogP) is 12.8. The molecule has 0 fully saturated rings. The largest absolute Gasteiger partial charge is 0.309 e. The highest BCUT2D eigenvalue weighted by molar-refractivity contribution is 6.28. The maximum Gasteiger partial charge on any atom is 0.0553 e. The van der Waals surface area contributed by atoms with Crippen LogP contribution in [-0.4, -0.2) is 4.57 Å². The van der Waals surface area contributed by atoms with Crippen molar-refractivity contribution in [3.63, 3.8) is 0 Å². The number of allylic oxidation sites excluding steroid dienone is 4. The average molecular weight is 613 g/mol. The third kappa shape index (κ3) is 4.06. The van der Waals surface area contributed by atoms with Gasteiger partial charge in [0.2, 0.25) is 0 Å². The molecule has 0 saturated carbocycles. The fraction of sp³-hybridized carbons (Fsp3) is 0.0435. The molecule has 0 unspecified atom stereocenters. The van der Waals surface area contributed by atoms with Crippen LogP contribution in [0.3, 0.4) is 0 Å². The van der Waals surface area contributed by atoms with Crippen molar-refractivity contribution in [2.75, 3.05) is 4.90 Å². The van der Waals surface area contributed by atoms with Crippen LogP contribution in [0, 0.1) is 0 Å². The van der Waals surface area contributed by atoms with Gasteiger partial charge in [-0.05, 0) is 94.6 Å². The van der Waals surface area contributed by atoms with Crippen LogP contribution >= 0.6 is 0 Å². The van der Waals surface area contributed by atoms with E-state index in [0.29, 0.717) is 0 Å². The van der Waals surface area contributed by atoms with Gasteiger partial charge in [-0.2, -0.15) is 0 Å². The number of nitrogens with zero attached hydrogens (tertiary/aromatic N) is 2. The van der Waals surface area contributed by atoms with Crippen LogP contribution in [0.1, 0.15) is 18.4 Å². The summed E-state index contributed by atoms with van der Waals surface area (Å²) in [5, 5.41) is 5.13. The Hall–Kier alpha value is -6.12. The first-order valence-corrected chi connectivity index (χ1v) is 16.8. The van der Waals surface area contributed by atoms with Crippen LogP contribution in [0.25, 0.3) is 66.1 Å². The number of hydrogen-bond donors (Lipinski definition) is 0. The molecule has 2 aliphatic rings. The van der Waals surface area contributed by atoms with Crippen molar-refractivity contribution < 1.29 is 0 Å². The lowest BCUT2D eigenvalue weighted by Gasteiger charge is -2.34. The normalized spacial score (nSPS) is 13.7. The number of fused-ring (bicyclic) bond motifs is 6. The van der Waals surface area contributed by atoms with E-state index in [9.17, 15) is 0 Å². The molecule has 0 N–H and O–H groups in total. The van der Waals surface area contributed by atoms with Gasteiger partial charge < -0.3 is 9.47 Å². The van der Waals surface area contributed by atoms with E-state index in [-0.39, 0.29) is 0 Å². The van der Waals surface area contributed by atoms with E-state index in [2.05, 4.69) is 179 Å². The fourth-order valence-corrected chi connectivity index (χ4v) is 7.97. The molecule has 1 aliphatic heterocycles. The van der Waals surface area contributed by atoms with Crippen molar-refractivity contribution in [3.8, 4) is 27.9 Å². The molecule has 226 valence electrons. The zero-order valence-corrected chi connectivity index (χ0v) is 26.5. The maximum absolute atomic E-state index is 2.47. The van der Waals surface area contributed by atoms with Gasteiger partial charge >= 0.3 is 0 Å². The maximum atomic E-state index is 2.47. The zero-order chi connectivity index (χ0) is 31.6. The fourth-order valence-electron chi connectivity index (χ4n) is 7.97. The van der Waals surface area contributed by atoms with Crippen molar-refractivity contribution in [3.05, 3.63) is 175 Å². The van der Waals surface area contributed by atoms with Crippen molar-refractivity contribution in [1.82, 2.24) is 4.57 Å². The van der Waals surface area contributed by atoms with Crippen LogP contribution in [0.15, 0.2) is 170 Å². The van der Waals surface area contributed by atoms with Crippen molar-refractivity contribution >= 4 is 55.2 Å². The molecule has 0 spiro atoms. The zero-order valence-electron chi connectivity index (χ0n) is 26.5. The Balaban J connectivity index is 1.33. The summed E-state index contributed by atoms with van der Waals surface area (Å²) in [6, 6.07) is 55.7. The van der Waals surface area contributed by atoms with Gasteiger partial charge in [0.25, 0.3) is 0 Å². The Kier molecular flexibility index (Phi) is 6.04. The topological polar surface area (TPSA) is 8.17 Å². The van der Waals surface area contributed by atoms with Crippen LogP contribution < -0.4 is 4.90 Å². The van der Waals surface area contributed by atoms with E-state index in [4.69, 9.17) is 0 Å². The Morgan fingerprint density at radius 2 is 1.19 bits per heavy atom. The van der Waals surface area contributed by atoms with E-state index >= 15 is 0 Å². The van der Waals surface area contributed by atoms with Crippen molar-refractivity contribution in [1.29, 1.82) is 0 Å². The quantitative estimate of drug-likeness (QED) is 0.192. The van der Waals surface area contributed by atoms with E-state index < -0.39 is 0 Å². The lowest BCUT2D eigenvalue weighted by atomic mass is 9.87. The lowest BCUT2D eigenvalue weighted by Crippen LogP contribution is -2.15. The van der Waals surface area contributed by atoms with Crippen LogP contribution in [-0.2, 0) is 0 Å². The van der Waals surface area contributed by atoms with Gasteiger partial charge in [0.1, 0.15) is 0 Å². The van der Waals surface area contributed by atoms with Gasteiger partial charge in [-0.15, -0.1) is 0 Å². The molecular formula is C46H32N2. The number of rotatable bonds is 4. The molecular weight excluding hydrogens is 581 g/mol. The second-order valence-electron chi connectivity index (χ2n) is 12.8. The third-order valence-corrected chi connectivity index (χ3v) is 10.1. The number of hydrogen-bond acceptors (Lipinski definition) is 1. The summed E-state index contributed by atoms with van der Waals surface area (Å²) in [6.07, 6.45) is 9.14. The molecule has 0 bridgehead atoms. The van der Waals surface area contributed by atoms with Gasteiger partial charge in [0.15, 0.2) is 0 Å². The minimum absolute atomic E-state index is 1.08. The average Bonchev–Trinajstić information content (AvgIpc) is 3.50. The number of aromatic nitrogens is 1.